The van der Waals surface area contributed by atoms with Crippen LogP contribution in [0.1, 0.15) is 15.9 Å². The summed E-state index contributed by atoms with van der Waals surface area (Å²) in [5.41, 5.74) is 1.25. The molecule has 0 atom stereocenters. The summed E-state index contributed by atoms with van der Waals surface area (Å²) in [6, 6.07) is 5.67. The van der Waals surface area contributed by atoms with Crippen LogP contribution in [0.2, 0.25) is 0 Å². The van der Waals surface area contributed by atoms with E-state index in [0.717, 1.165) is 5.56 Å². The minimum absolute atomic E-state index is 0.219. The number of rotatable bonds is 6. The number of hydrogen-bond donors (Lipinski definition) is 1. The summed E-state index contributed by atoms with van der Waals surface area (Å²) in [5.74, 6) is 0.987. The fourth-order valence-corrected chi connectivity index (χ4v) is 1.81. The number of carbonyl (C=O) groups excluding carboxylic acids is 1. The van der Waals surface area contributed by atoms with Crippen LogP contribution in [0.5, 0.6) is 17.5 Å². The first kappa shape index (κ1) is 15.6. The Kier molecular flexibility index (Phi) is 5.13. The Morgan fingerprint density at radius 2 is 1.73 bits per heavy atom. The van der Waals surface area contributed by atoms with Gasteiger partial charge in [-0.05, 0) is 17.7 Å². The van der Waals surface area contributed by atoms with Crippen molar-refractivity contribution in [2.75, 3.05) is 21.3 Å². The van der Waals surface area contributed by atoms with Crippen molar-refractivity contribution in [1.29, 1.82) is 0 Å². The van der Waals surface area contributed by atoms with Crippen molar-refractivity contribution in [1.82, 2.24) is 15.3 Å². The number of hydrogen-bond acceptors (Lipinski definition) is 6. The zero-order valence-corrected chi connectivity index (χ0v) is 12.6. The number of benzene rings is 1. The van der Waals surface area contributed by atoms with E-state index in [-0.39, 0.29) is 11.9 Å². The summed E-state index contributed by atoms with van der Waals surface area (Å²) in [6.07, 6.45) is 2.82. The Labute approximate surface area is 128 Å². The molecule has 0 aliphatic heterocycles. The largest absolute Gasteiger partial charge is 0.493 e. The molecule has 116 valence electrons. The van der Waals surface area contributed by atoms with Crippen LogP contribution < -0.4 is 19.5 Å². The molecule has 22 heavy (non-hydrogen) atoms. The third-order valence-electron chi connectivity index (χ3n) is 2.97. The number of carbonyl (C=O) groups is 1. The quantitative estimate of drug-likeness (QED) is 0.869. The number of nitrogens with zero attached hydrogens (tertiary/aromatic N) is 2. The second-order valence-electron chi connectivity index (χ2n) is 4.33. The number of amides is 1. The van der Waals surface area contributed by atoms with Crippen LogP contribution in [0.25, 0.3) is 0 Å². The molecule has 0 spiro atoms. The molecule has 7 nitrogen and oxygen atoms in total. The van der Waals surface area contributed by atoms with Gasteiger partial charge in [-0.15, -0.1) is 0 Å². The first-order valence-electron chi connectivity index (χ1n) is 6.53. The third-order valence-corrected chi connectivity index (χ3v) is 2.97. The van der Waals surface area contributed by atoms with Crippen LogP contribution in [0.4, 0.5) is 0 Å². The summed E-state index contributed by atoms with van der Waals surface area (Å²) in [4.78, 5) is 19.8. The van der Waals surface area contributed by atoms with E-state index in [1.54, 1.807) is 20.3 Å². The first-order chi connectivity index (χ1) is 10.7. The maximum atomic E-state index is 12.0. The molecule has 0 unspecified atom stereocenters. The van der Waals surface area contributed by atoms with Gasteiger partial charge in [-0.25, -0.2) is 9.97 Å². The van der Waals surface area contributed by atoms with E-state index in [0.29, 0.717) is 23.6 Å². The Morgan fingerprint density at radius 1 is 1.05 bits per heavy atom. The van der Waals surface area contributed by atoms with Crippen LogP contribution in [0, 0.1) is 0 Å². The molecule has 0 aliphatic rings. The lowest BCUT2D eigenvalue weighted by Crippen LogP contribution is -2.23. The van der Waals surface area contributed by atoms with Gasteiger partial charge in [-0.2, -0.15) is 0 Å². The second-order valence-corrected chi connectivity index (χ2v) is 4.33. The fourth-order valence-electron chi connectivity index (χ4n) is 1.81. The molecule has 0 saturated carbocycles. The van der Waals surface area contributed by atoms with E-state index in [4.69, 9.17) is 14.2 Å². The molecular formula is C15H17N3O4. The van der Waals surface area contributed by atoms with Gasteiger partial charge in [-0.1, -0.05) is 6.07 Å². The Hall–Kier alpha value is -2.83. The van der Waals surface area contributed by atoms with E-state index >= 15 is 0 Å². The molecule has 0 radical (unpaired) electrons. The zero-order valence-electron chi connectivity index (χ0n) is 12.6. The number of ether oxygens (including phenoxy) is 3. The van der Waals surface area contributed by atoms with Crippen molar-refractivity contribution in [3.8, 4) is 17.5 Å². The van der Waals surface area contributed by atoms with Gasteiger partial charge in [0.2, 0.25) is 0 Å². The number of aromatic nitrogens is 2. The number of methoxy groups -OCH3 is 3. The van der Waals surface area contributed by atoms with Crippen molar-refractivity contribution in [2.45, 2.75) is 6.54 Å². The minimum atomic E-state index is -0.266. The van der Waals surface area contributed by atoms with Crippen LogP contribution in [-0.4, -0.2) is 37.2 Å². The molecule has 1 N–H and O–H groups in total. The van der Waals surface area contributed by atoms with E-state index in [1.807, 2.05) is 12.1 Å². The summed E-state index contributed by atoms with van der Waals surface area (Å²) in [6.45, 7) is 0.352. The van der Waals surface area contributed by atoms with Gasteiger partial charge in [-0.3, -0.25) is 4.79 Å². The average molecular weight is 303 g/mol. The smallest absolute Gasteiger partial charge is 0.316 e. The molecule has 2 rings (SSSR count). The molecule has 2 aromatic rings. The standard InChI is InChI=1S/C15H17N3O4/c1-20-12-5-4-10(6-13(12)21-2)7-16-14(19)11-8-17-15(22-3)18-9-11/h4-6,8-9H,7H2,1-3H3,(H,16,19). The van der Waals surface area contributed by atoms with Gasteiger partial charge in [0.05, 0.1) is 26.9 Å². The first-order valence-corrected chi connectivity index (χ1v) is 6.53. The normalized spacial score (nSPS) is 9.95. The van der Waals surface area contributed by atoms with Crippen LogP contribution in [0.15, 0.2) is 30.6 Å². The zero-order chi connectivity index (χ0) is 15.9. The molecule has 1 heterocycles. The molecule has 1 aromatic heterocycles. The highest BCUT2D eigenvalue weighted by molar-refractivity contribution is 5.93. The Morgan fingerprint density at radius 3 is 2.32 bits per heavy atom. The van der Waals surface area contributed by atoms with Gasteiger partial charge >= 0.3 is 6.01 Å². The van der Waals surface area contributed by atoms with Gasteiger partial charge in [0.1, 0.15) is 0 Å². The summed E-state index contributed by atoms with van der Waals surface area (Å²) >= 11 is 0. The van der Waals surface area contributed by atoms with Crippen molar-refractivity contribution in [3.63, 3.8) is 0 Å². The van der Waals surface area contributed by atoms with Gasteiger partial charge in [0, 0.05) is 18.9 Å². The number of nitrogens with one attached hydrogen (secondary N) is 1. The van der Waals surface area contributed by atoms with Crippen LogP contribution in [-0.2, 0) is 6.54 Å². The average Bonchev–Trinajstić information content (AvgIpc) is 2.59. The molecule has 7 heteroatoms. The van der Waals surface area contributed by atoms with Gasteiger partial charge in [0.25, 0.3) is 5.91 Å². The SMILES string of the molecule is COc1ncc(C(=O)NCc2ccc(OC)c(OC)c2)cn1. The minimum Gasteiger partial charge on any atom is -0.493 e. The summed E-state index contributed by atoms with van der Waals surface area (Å²) in [7, 11) is 4.60. The fraction of sp³-hybridized carbons (Fsp3) is 0.267. The van der Waals surface area contributed by atoms with E-state index in [1.165, 1.54) is 19.5 Å². The molecule has 1 amide bonds. The van der Waals surface area contributed by atoms with Crippen LogP contribution >= 0.6 is 0 Å². The highest BCUT2D eigenvalue weighted by atomic mass is 16.5. The monoisotopic (exact) mass is 303 g/mol. The summed E-state index contributed by atoms with van der Waals surface area (Å²) < 4.78 is 15.2. The van der Waals surface area contributed by atoms with E-state index < -0.39 is 0 Å². The lowest BCUT2D eigenvalue weighted by Gasteiger charge is -2.10. The van der Waals surface area contributed by atoms with Crippen molar-refractivity contribution in [3.05, 3.63) is 41.7 Å². The van der Waals surface area contributed by atoms with Gasteiger partial charge < -0.3 is 19.5 Å². The summed E-state index contributed by atoms with van der Waals surface area (Å²) in [5, 5.41) is 2.79. The Balaban J connectivity index is 2.01. The van der Waals surface area contributed by atoms with E-state index in [9.17, 15) is 4.79 Å². The second kappa shape index (κ2) is 7.26. The highest BCUT2D eigenvalue weighted by Crippen LogP contribution is 2.27. The lowest BCUT2D eigenvalue weighted by molar-refractivity contribution is 0.0950. The van der Waals surface area contributed by atoms with Crippen molar-refractivity contribution >= 4 is 5.91 Å². The third kappa shape index (κ3) is 3.63. The van der Waals surface area contributed by atoms with Gasteiger partial charge in [0.15, 0.2) is 11.5 Å². The predicted octanol–water partition coefficient (Wildman–Crippen LogP) is 1.43. The maximum absolute atomic E-state index is 12.0. The lowest BCUT2D eigenvalue weighted by atomic mass is 10.2. The van der Waals surface area contributed by atoms with Crippen LogP contribution in [0.3, 0.4) is 0 Å². The topological polar surface area (TPSA) is 82.6 Å². The molecule has 1 aromatic carbocycles. The maximum Gasteiger partial charge on any atom is 0.316 e. The Bertz CT molecular complexity index is 644. The predicted molar refractivity (Wildman–Crippen MR) is 79.3 cm³/mol. The molecule has 0 fully saturated rings. The van der Waals surface area contributed by atoms with Crippen molar-refractivity contribution < 1.29 is 19.0 Å². The molecule has 0 aliphatic carbocycles. The molecular weight excluding hydrogens is 286 g/mol. The molecule has 0 bridgehead atoms. The van der Waals surface area contributed by atoms with Crippen molar-refractivity contribution in [2.24, 2.45) is 0 Å². The molecule has 0 saturated heterocycles. The van der Waals surface area contributed by atoms with E-state index in [2.05, 4.69) is 15.3 Å². The highest BCUT2D eigenvalue weighted by Gasteiger charge is 2.09.